The van der Waals surface area contributed by atoms with Crippen molar-refractivity contribution in [2.24, 2.45) is 0 Å². The number of hydrogen-bond acceptors (Lipinski definition) is 18. The second kappa shape index (κ2) is 39.5. The fraction of sp³-hybridized carbons (Fsp3) is 0.273. The maximum atomic E-state index is 11.4. The molecule has 0 spiro atoms. The summed E-state index contributed by atoms with van der Waals surface area (Å²) in [5, 5.41) is 36.9. The smallest absolute Gasteiger partial charge is 0.336 e. The Bertz CT molecular complexity index is 2550. The van der Waals surface area contributed by atoms with Gasteiger partial charge in [0.05, 0.1) is 76.4 Å². The third kappa shape index (κ3) is 26.8. The SMILES string of the molecule is COC(=O)CCS(CCC(=O)OC)=S=S=S.COC(=O)CCSSCCC(=O)OC.O=C(O)c1ccccc1S(=S=S=S)c1ccccc1C(=O)O.O=C(O)c1ccccc1SSc1ccccc1C(=O)O. The summed E-state index contributed by atoms with van der Waals surface area (Å²) in [6.45, 7) is 0. The van der Waals surface area contributed by atoms with Crippen LogP contribution >= 0.6 is 43.2 Å². The zero-order chi connectivity index (χ0) is 53.8. The topological polar surface area (TPSA) is 254 Å². The second-order valence-electron chi connectivity index (χ2n) is 12.7. The lowest BCUT2D eigenvalue weighted by atomic mass is 10.2. The molecule has 0 heterocycles. The number of aromatic carboxylic acids is 4. The molecule has 392 valence electrons. The fourth-order valence-corrected chi connectivity index (χ4v) is 21.8. The number of ether oxygens (including phenoxy) is 4. The van der Waals surface area contributed by atoms with Crippen LogP contribution in [-0.4, -0.2) is 120 Å². The highest BCUT2D eigenvalue weighted by molar-refractivity contribution is 8.77. The molecule has 0 saturated heterocycles. The number of rotatable bonds is 22. The lowest BCUT2D eigenvalue weighted by Crippen LogP contribution is -2.12. The summed E-state index contributed by atoms with van der Waals surface area (Å²) in [5.41, 5.74) is 0.723. The molecule has 16 nitrogen and oxygen atoms in total. The maximum Gasteiger partial charge on any atom is 0.336 e. The highest BCUT2D eigenvalue weighted by Crippen LogP contribution is 2.40. The quantitative estimate of drug-likeness (QED) is 0.0251. The molecule has 0 amide bonds. The van der Waals surface area contributed by atoms with E-state index in [4.69, 9.17) is 32.6 Å². The number of methoxy groups -OCH3 is 4. The van der Waals surface area contributed by atoms with Gasteiger partial charge in [0.1, 0.15) is 0 Å². The van der Waals surface area contributed by atoms with E-state index >= 15 is 0 Å². The molecule has 4 aromatic rings. The molecule has 28 heteroatoms. The first-order chi connectivity index (χ1) is 34.5. The van der Waals surface area contributed by atoms with E-state index in [0.717, 1.165) is 8.88 Å². The van der Waals surface area contributed by atoms with Gasteiger partial charge < -0.3 is 39.4 Å². The van der Waals surface area contributed by atoms with E-state index < -0.39 is 33.3 Å². The molecular weight excluding hydrogens is 1170 g/mol. The van der Waals surface area contributed by atoms with Crippen molar-refractivity contribution in [3.63, 3.8) is 0 Å². The Balaban J connectivity index is 0.000000488. The van der Waals surface area contributed by atoms with E-state index in [2.05, 4.69) is 18.9 Å². The Morgan fingerprint density at radius 2 is 0.750 bits per heavy atom. The molecule has 0 unspecified atom stereocenters. The van der Waals surface area contributed by atoms with Gasteiger partial charge >= 0.3 is 47.8 Å². The maximum absolute atomic E-state index is 11.4. The average Bonchev–Trinajstić information content (AvgIpc) is 3.39. The number of carbonyl (C=O) groups excluding carboxylic acids is 4. The minimum absolute atomic E-state index is 0.0951. The normalized spacial score (nSPS) is 9.97. The number of benzene rings is 4. The molecule has 0 aliphatic rings. The first kappa shape index (κ1) is 66.1. The van der Waals surface area contributed by atoms with Crippen LogP contribution in [0.25, 0.3) is 0 Å². The van der Waals surface area contributed by atoms with Crippen LogP contribution in [0.5, 0.6) is 0 Å². The van der Waals surface area contributed by atoms with Crippen molar-refractivity contribution in [1.82, 2.24) is 0 Å². The second-order valence-corrected chi connectivity index (χ2v) is 30.2. The molecule has 4 N–H and O–H groups in total. The van der Waals surface area contributed by atoms with Gasteiger partial charge in [0.15, 0.2) is 0 Å². The summed E-state index contributed by atoms with van der Waals surface area (Å²) < 4.78 is 18.1. The van der Waals surface area contributed by atoms with Crippen LogP contribution in [0, 0.1) is 0 Å². The van der Waals surface area contributed by atoms with Crippen molar-refractivity contribution in [3.05, 3.63) is 119 Å². The van der Waals surface area contributed by atoms with Gasteiger partial charge in [-0.3, -0.25) is 19.2 Å². The molecule has 0 saturated carbocycles. The van der Waals surface area contributed by atoms with E-state index in [1.165, 1.54) is 101 Å². The van der Waals surface area contributed by atoms with E-state index in [1.54, 1.807) is 94.4 Å². The van der Waals surface area contributed by atoms with Gasteiger partial charge in [-0.25, -0.2) is 19.2 Å². The van der Waals surface area contributed by atoms with Gasteiger partial charge in [-0.1, -0.05) is 101 Å². The largest absolute Gasteiger partial charge is 0.478 e. The van der Waals surface area contributed by atoms with Crippen LogP contribution in [0.15, 0.2) is 117 Å². The van der Waals surface area contributed by atoms with Crippen LogP contribution in [0.3, 0.4) is 0 Å². The average molecular weight is 1220 g/mol. The van der Waals surface area contributed by atoms with Gasteiger partial charge in [-0.05, 0) is 106 Å². The lowest BCUT2D eigenvalue weighted by Gasteiger charge is -2.12. The molecule has 0 bridgehead atoms. The van der Waals surface area contributed by atoms with Crippen molar-refractivity contribution in [2.75, 3.05) is 51.5 Å². The van der Waals surface area contributed by atoms with Crippen LogP contribution < -0.4 is 0 Å². The minimum Gasteiger partial charge on any atom is -0.478 e. The Morgan fingerprint density at radius 1 is 0.444 bits per heavy atom. The van der Waals surface area contributed by atoms with Crippen LogP contribution in [-0.2, 0) is 115 Å². The van der Waals surface area contributed by atoms with Crippen molar-refractivity contribution in [3.8, 4) is 0 Å². The Kier molecular flexibility index (Phi) is 36.3. The Morgan fingerprint density at radius 3 is 1.07 bits per heavy atom. The molecular formula is C44H48O16S12. The summed E-state index contributed by atoms with van der Waals surface area (Å²) in [6.07, 6.45) is 1.55. The Hall–Kier alpha value is -3.94. The van der Waals surface area contributed by atoms with Gasteiger partial charge in [0.25, 0.3) is 0 Å². The van der Waals surface area contributed by atoms with E-state index in [-0.39, 0.29) is 55.6 Å². The zero-order valence-corrected chi connectivity index (χ0v) is 48.3. The summed E-state index contributed by atoms with van der Waals surface area (Å²) in [5.74, 6) is -2.16. The summed E-state index contributed by atoms with van der Waals surface area (Å²) in [6, 6.07) is 26.4. The molecule has 0 radical (unpaired) electrons. The van der Waals surface area contributed by atoms with E-state index in [9.17, 15) is 48.6 Å². The van der Waals surface area contributed by atoms with Gasteiger partial charge in [0, 0.05) is 42.6 Å². The molecule has 4 aromatic carbocycles. The molecule has 0 aliphatic heterocycles. The highest BCUT2D eigenvalue weighted by atomic mass is 33.2. The van der Waals surface area contributed by atoms with Crippen molar-refractivity contribution < 1.29 is 77.7 Å². The summed E-state index contributed by atoms with van der Waals surface area (Å²) in [7, 11) is 15.3. The third-order valence-electron chi connectivity index (χ3n) is 8.15. The number of carboxylic acids is 4. The van der Waals surface area contributed by atoms with E-state index in [0.29, 0.717) is 68.3 Å². The van der Waals surface area contributed by atoms with E-state index in [1.807, 2.05) is 0 Å². The van der Waals surface area contributed by atoms with Crippen molar-refractivity contribution >= 4 is 168 Å². The molecule has 0 atom stereocenters. The lowest BCUT2D eigenvalue weighted by molar-refractivity contribution is -0.141. The molecule has 72 heavy (non-hydrogen) atoms. The van der Waals surface area contributed by atoms with Crippen molar-refractivity contribution in [1.29, 1.82) is 0 Å². The predicted octanol–water partition coefficient (Wildman–Crippen LogP) is 8.14. The molecule has 4 rings (SSSR count). The van der Waals surface area contributed by atoms with Gasteiger partial charge in [-0.2, -0.15) is 0 Å². The first-order valence-corrected chi connectivity index (χ1v) is 34.6. The fourth-order valence-electron chi connectivity index (χ4n) is 4.73. The highest BCUT2D eigenvalue weighted by Gasteiger charge is 2.19. The zero-order valence-electron chi connectivity index (χ0n) is 38.5. The molecule has 0 aromatic heterocycles. The van der Waals surface area contributed by atoms with Crippen LogP contribution in [0.2, 0.25) is 0 Å². The summed E-state index contributed by atoms with van der Waals surface area (Å²) >= 11 is 9.74. The summed E-state index contributed by atoms with van der Waals surface area (Å²) in [4.78, 5) is 90.6. The minimum atomic E-state index is -1.05. The third-order valence-corrected chi connectivity index (χ3v) is 26.7. The van der Waals surface area contributed by atoms with Crippen LogP contribution in [0.4, 0.5) is 0 Å². The standard InChI is InChI=1S/C14H10O4S4.C14H10O4S2.C8H14O4S4.C8H14O4S2/c15-13(16)9-5-1-3-7-11(9)22(21-20-19)12-8-4-2-6-10(12)14(17)18;15-13(16)9-5-1-3-7-11(9)19-20-12-8-4-2-6-10(12)14(17)18;1-11-7(9)3-5-16(15-14-13)6-4-8(10)12-2;1-11-7(9)3-5-13-14-6-4-8(10)12-2/h1-8H,(H,15,16)(H,17,18);1-8H,(H,15,16)(H,17,18);3-6H2,1-2H3;3-6H2,1-2H3. The molecule has 0 aliphatic carbocycles. The number of esters is 4. The van der Waals surface area contributed by atoms with Crippen molar-refractivity contribution in [2.45, 2.75) is 45.3 Å². The van der Waals surface area contributed by atoms with Gasteiger partial charge in [0.2, 0.25) is 0 Å². The van der Waals surface area contributed by atoms with Crippen LogP contribution in [0.1, 0.15) is 67.1 Å². The first-order valence-electron chi connectivity index (χ1n) is 20.0. The number of carboxylic acid groups (broad SMARTS) is 4. The number of carbonyl (C=O) groups is 8. The number of hydrogen-bond donors (Lipinski definition) is 4. The predicted molar refractivity (Wildman–Crippen MR) is 302 cm³/mol. The Labute approximate surface area is 457 Å². The monoisotopic (exact) mass is 1220 g/mol. The van der Waals surface area contributed by atoms with Gasteiger partial charge in [-0.15, -0.1) is 9.45 Å². The molecule has 0 fully saturated rings.